The van der Waals surface area contributed by atoms with Gasteiger partial charge in [-0.2, -0.15) is 5.26 Å². The van der Waals surface area contributed by atoms with Gasteiger partial charge in [-0.05, 0) is 93.2 Å². The number of halogens is 3. The van der Waals surface area contributed by atoms with Gasteiger partial charge in [0.1, 0.15) is 22.6 Å². The maximum absolute atomic E-state index is 14.6. The Hall–Kier alpha value is -3.12. The van der Waals surface area contributed by atoms with Crippen molar-refractivity contribution >= 4 is 29.3 Å². The van der Waals surface area contributed by atoms with Crippen LogP contribution < -0.4 is 10.1 Å². The molecule has 1 fully saturated rings. The number of nitrogens with one attached hydrogen (secondary N) is 1. The molecule has 0 bridgehead atoms. The van der Waals surface area contributed by atoms with Crippen molar-refractivity contribution in [3.05, 3.63) is 82.9 Å². The molecule has 1 heterocycles. The molecule has 1 aliphatic heterocycles. The lowest BCUT2D eigenvalue weighted by Gasteiger charge is -2.38. The van der Waals surface area contributed by atoms with Gasteiger partial charge in [0.05, 0.1) is 29.0 Å². The van der Waals surface area contributed by atoms with Crippen LogP contribution >= 0.6 is 23.4 Å². The van der Waals surface area contributed by atoms with Gasteiger partial charge in [-0.1, -0.05) is 25.1 Å². The first-order valence-electron chi connectivity index (χ1n) is 14.1. The van der Waals surface area contributed by atoms with Gasteiger partial charge in [0.2, 0.25) is 5.91 Å². The third kappa shape index (κ3) is 6.91. The minimum absolute atomic E-state index is 0.0214. The molecule has 5 nitrogen and oxygen atoms in total. The molecule has 2 atom stereocenters. The van der Waals surface area contributed by atoms with Crippen LogP contribution in [0.3, 0.4) is 0 Å². The Kier molecular flexibility index (Phi) is 10.9. The van der Waals surface area contributed by atoms with Gasteiger partial charge in [0.25, 0.3) is 0 Å². The second-order valence-corrected chi connectivity index (χ2v) is 12.4. The molecular weight excluding hydrogens is 576 g/mol. The zero-order valence-electron chi connectivity index (χ0n) is 24.3. The molecule has 0 spiro atoms. The highest BCUT2D eigenvalue weighted by Crippen LogP contribution is 2.51. The number of amides is 1. The zero-order chi connectivity index (χ0) is 30.4. The van der Waals surface area contributed by atoms with Crippen molar-refractivity contribution in [2.24, 2.45) is 5.92 Å². The average Bonchev–Trinajstić information content (AvgIpc) is 3.36. The second-order valence-electron chi connectivity index (χ2n) is 10.8. The van der Waals surface area contributed by atoms with E-state index >= 15 is 0 Å². The van der Waals surface area contributed by atoms with Gasteiger partial charge in [0.15, 0.2) is 0 Å². The molecular formula is C33H36ClF2N3O2S. The Balaban J connectivity index is 0.00000129. The fourth-order valence-corrected chi connectivity index (χ4v) is 7.40. The van der Waals surface area contributed by atoms with Gasteiger partial charge in [-0.3, -0.25) is 4.79 Å². The molecule has 0 saturated heterocycles. The first kappa shape index (κ1) is 31.8. The van der Waals surface area contributed by atoms with Crippen molar-refractivity contribution in [2.75, 3.05) is 21.2 Å². The van der Waals surface area contributed by atoms with Crippen molar-refractivity contribution < 1.29 is 18.3 Å². The van der Waals surface area contributed by atoms with E-state index < -0.39 is 22.3 Å². The number of benzene rings is 3. The fraction of sp³-hybridized carbons (Fsp3) is 0.394. The van der Waals surface area contributed by atoms with E-state index in [2.05, 4.69) is 18.3 Å². The van der Waals surface area contributed by atoms with Crippen LogP contribution in [-0.2, 0) is 11.3 Å². The van der Waals surface area contributed by atoms with Crippen molar-refractivity contribution in [1.82, 2.24) is 10.2 Å². The lowest BCUT2D eigenvalue weighted by Crippen LogP contribution is -2.46. The van der Waals surface area contributed by atoms with Crippen LogP contribution in [-0.4, -0.2) is 43.3 Å². The summed E-state index contributed by atoms with van der Waals surface area (Å²) in [5, 5.41) is 10.3. The molecule has 5 rings (SSSR count). The van der Waals surface area contributed by atoms with Crippen LogP contribution in [0, 0.1) is 28.9 Å². The lowest BCUT2D eigenvalue weighted by molar-refractivity contribution is -0.134. The van der Waals surface area contributed by atoms with Gasteiger partial charge in [-0.25, -0.2) is 8.78 Å². The molecule has 0 aromatic heterocycles. The molecule has 3 aromatic carbocycles. The molecule has 1 amide bonds. The number of nitrogens with zero attached hydrogens (tertiary/aromatic N) is 2. The number of alkyl halides is 1. The number of carbonyl (C=O) groups excluding carboxylic acids is 1. The second kappa shape index (κ2) is 14.4. The molecule has 9 heteroatoms. The van der Waals surface area contributed by atoms with Crippen LogP contribution in [0.2, 0.25) is 0 Å². The number of nitriles is 1. The highest BCUT2D eigenvalue weighted by Gasteiger charge is 2.44. The Morgan fingerprint density at radius 1 is 1.07 bits per heavy atom. The summed E-state index contributed by atoms with van der Waals surface area (Å²) < 4.78 is 34.9. The van der Waals surface area contributed by atoms with E-state index in [1.807, 2.05) is 55.4 Å². The van der Waals surface area contributed by atoms with E-state index in [-0.39, 0.29) is 29.0 Å². The van der Waals surface area contributed by atoms with E-state index in [9.17, 15) is 18.8 Å². The Morgan fingerprint density at radius 3 is 2.38 bits per heavy atom. The SMILES string of the molecule is CNC.COc1ccc(-c2cccc(C#N)c2)cc1CN(C(=O)C1Sc2c(F)ccc(F)c2C1Cl)C1CCC(C)CC1. The van der Waals surface area contributed by atoms with Crippen LogP contribution in [0.1, 0.15) is 54.7 Å². The van der Waals surface area contributed by atoms with E-state index in [0.29, 0.717) is 17.2 Å². The molecule has 0 radical (unpaired) electrons. The third-order valence-electron chi connectivity index (χ3n) is 7.78. The number of rotatable bonds is 6. The predicted octanol–water partition coefficient (Wildman–Crippen LogP) is 7.71. The van der Waals surface area contributed by atoms with Crippen LogP contribution in [0.5, 0.6) is 5.75 Å². The highest BCUT2D eigenvalue weighted by molar-refractivity contribution is 8.01. The summed E-state index contributed by atoms with van der Waals surface area (Å²) in [5.41, 5.74) is 3.22. The van der Waals surface area contributed by atoms with Crippen LogP contribution in [0.15, 0.2) is 59.5 Å². The van der Waals surface area contributed by atoms with Gasteiger partial charge in [0, 0.05) is 23.7 Å². The van der Waals surface area contributed by atoms with E-state index in [1.165, 1.54) is 0 Å². The minimum Gasteiger partial charge on any atom is -0.496 e. The van der Waals surface area contributed by atoms with Crippen molar-refractivity contribution in [3.63, 3.8) is 0 Å². The molecule has 2 unspecified atom stereocenters. The number of fused-ring (bicyclic) bond motifs is 1. The normalized spacial score (nSPS) is 21.0. The maximum atomic E-state index is 14.6. The number of thioether (sulfide) groups is 1. The summed E-state index contributed by atoms with van der Waals surface area (Å²) in [7, 11) is 5.34. The predicted molar refractivity (Wildman–Crippen MR) is 165 cm³/mol. The Labute approximate surface area is 256 Å². The maximum Gasteiger partial charge on any atom is 0.238 e. The molecule has 3 aromatic rings. The largest absolute Gasteiger partial charge is 0.496 e. The fourth-order valence-electron chi connectivity index (χ4n) is 5.58. The van der Waals surface area contributed by atoms with Gasteiger partial charge < -0.3 is 15.0 Å². The van der Waals surface area contributed by atoms with Crippen LogP contribution in [0.25, 0.3) is 11.1 Å². The molecule has 1 aliphatic carbocycles. The van der Waals surface area contributed by atoms with Gasteiger partial charge >= 0.3 is 0 Å². The summed E-state index contributed by atoms with van der Waals surface area (Å²) >= 11 is 7.67. The van der Waals surface area contributed by atoms with Crippen molar-refractivity contribution in [3.8, 4) is 22.9 Å². The van der Waals surface area contributed by atoms with E-state index in [0.717, 1.165) is 66.3 Å². The lowest BCUT2D eigenvalue weighted by atomic mass is 9.86. The third-order valence-corrected chi connectivity index (χ3v) is 9.78. The molecule has 1 N–H and O–H groups in total. The first-order chi connectivity index (χ1) is 20.2. The quantitative estimate of drug-likeness (QED) is 0.289. The number of ether oxygens (including phenoxy) is 1. The monoisotopic (exact) mass is 611 g/mol. The smallest absolute Gasteiger partial charge is 0.238 e. The Bertz CT molecular complexity index is 1460. The zero-order valence-corrected chi connectivity index (χ0v) is 25.9. The first-order valence-corrected chi connectivity index (χ1v) is 15.4. The minimum atomic E-state index is -0.972. The summed E-state index contributed by atoms with van der Waals surface area (Å²) in [6.07, 6.45) is 3.69. The number of methoxy groups -OCH3 is 1. The Morgan fingerprint density at radius 2 is 1.74 bits per heavy atom. The summed E-state index contributed by atoms with van der Waals surface area (Å²) in [4.78, 5) is 16.1. The number of hydrogen-bond acceptors (Lipinski definition) is 5. The van der Waals surface area contributed by atoms with Crippen molar-refractivity contribution in [1.29, 1.82) is 5.26 Å². The standard InChI is InChI=1S/C31H29ClF2N2O2S.C2H7N/c1-18-6-9-23(10-7-18)36(31(37)30-28(32)27-24(33)11-12-25(34)29(27)39-30)17-22-15-21(8-13-26(22)38-2)20-5-3-4-19(14-20)16-35;1-3-2/h3-5,8,11-15,18,23,28,30H,6-7,9-10,17H2,1-2H3;3H,1-2H3. The van der Waals surface area contributed by atoms with Crippen molar-refractivity contribution in [2.45, 2.75) is 60.7 Å². The molecule has 2 aliphatic rings. The van der Waals surface area contributed by atoms with Crippen LogP contribution in [0.4, 0.5) is 8.78 Å². The summed E-state index contributed by atoms with van der Waals surface area (Å²) in [6, 6.07) is 17.4. The number of hydrogen-bond donors (Lipinski definition) is 1. The van der Waals surface area contributed by atoms with E-state index in [1.54, 1.807) is 13.2 Å². The molecule has 222 valence electrons. The van der Waals surface area contributed by atoms with Gasteiger partial charge in [-0.15, -0.1) is 23.4 Å². The molecule has 42 heavy (non-hydrogen) atoms. The average molecular weight is 612 g/mol. The summed E-state index contributed by atoms with van der Waals surface area (Å²) in [5.74, 6) is -0.171. The van der Waals surface area contributed by atoms with E-state index in [4.69, 9.17) is 16.3 Å². The number of carbonyl (C=O) groups is 1. The highest BCUT2D eigenvalue weighted by atomic mass is 35.5. The summed E-state index contributed by atoms with van der Waals surface area (Å²) in [6.45, 7) is 2.49. The molecule has 1 saturated carbocycles. The topological polar surface area (TPSA) is 65.4 Å².